The molecule has 0 fully saturated rings. The van der Waals surface area contributed by atoms with E-state index >= 15 is 0 Å². The molecule has 0 saturated heterocycles. The zero-order valence-electron chi connectivity index (χ0n) is 17.6. The third-order valence-corrected chi connectivity index (χ3v) is 6.68. The predicted molar refractivity (Wildman–Crippen MR) is 122 cm³/mol. The fourth-order valence-electron chi connectivity index (χ4n) is 3.02. The molecule has 0 unspecified atom stereocenters. The number of hydrogen-bond acceptors (Lipinski definition) is 5. The average molecular weight is 472 g/mol. The molecule has 0 bridgehead atoms. The number of ether oxygens (including phenoxy) is 1. The summed E-state index contributed by atoms with van der Waals surface area (Å²) in [6.45, 7) is 3.27. The number of ketones is 1. The van der Waals surface area contributed by atoms with E-state index in [1.807, 2.05) is 25.1 Å². The monoisotopic (exact) mass is 471 g/mol. The molecule has 0 saturated carbocycles. The van der Waals surface area contributed by atoms with Gasteiger partial charge in [0.05, 0.1) is 10.6 Å². The van der Waals surface area contributed by atoms with Crippen LogP contribution < -0.4 is 4.72 Å². The van der Waals surface area contributed by atoms with E-state index in [1.54, 1.807) is 37.3 Å². The van der Waals surface area contributed by atoms with Gasteiger partial charge in [0.25, 0.3) is 0 Å². The first-order valence-electron chi connectivity index (χ1n) is 9.78. The van der Waals surface area contributed by atoms with Gasteiger partial charge in [-0.2, -0.15) is 0 Å². The van der Waals surface area contributed by atoms with Crippen LogP contribution in [0, 0.1) is 13.8 Å². The molecule has 0 heterocycles. The van der Waals surface area contributed by atoms with Gasteiger partial charge in [-0.25, -0.2) is 17.9 Å². The number of carbonyl (C=O) groups excluding carboxylic acids is 2. The Bertz CT molecular complexity index is 1260. The fourth-order valence-corrected chi connectivity index (χ4v) is 4.56. The van der Waals surface area contributed by atoms with E-state index in [0.717, 1.165) is 22.8 Å². The SMILES string of the molecule is Cc1ccc(C)c(C(=O)COC(=O)c2ccc(Cl)c(S(=O)(=O)NCc3ccccc3)c2)c1. The van der Waals surface area contributed by atoms with Crippen molar-refractivity contribution in [3.8, 4) is 0 Å². The smallest absolute Gasteiger partial charge is 0.338 e. The van der Waals surface area contributed by atoms with Gasteiger partial charge in [0, 0.05) is 12.1 Å². The number of rotatable bonds is 8. The number of benzene rings is 3. The van der Waals surface area contributed by atoms with Crippen LogP contribution in [0.2, 0.25) is 5.02 Å². The maximum Gasteiger partial charge on any atom is 0.338 e. The maximum atomic E-state index is 12.7. The number of Topliss-reactive ketones (excluding diaryl/α,β-unsaturated/α-hetero) is 1. The highest BCUT2D eigenvalue weighted by Gasteiger charge is 2.21. The normalized spacial score (nSPS) is 11.2. The third-order valence-electron chi connectivity index (χ3n) is 4.79. The molecule has 0 aliphatic heterocycles. The van der Waals surface area contributed by atoms with Crippen molar-refractivity contribution in [2.75, 3.05) is 6.61 Å². The van der Waals surface area contributed by atoms with Crippen molar-refractivity contribution >= 4 is 33.4 Å². The molecule has 32 heavy (non-hydrogen) atoms. The first kappa shape index (κ1) is 23.7. The molecule has 3 rings (SSSR count). The van der Waals surface area contributed by atoms with Gasteiger partial charge in [0.15, 0.2) is 6.61 Å². The van der Waals surface area contributed by atoms with Crippen molar-refractivity contribution in [2.45, 2.75) is 25.3 Å². The molecular weight excluding hydrogens is 450 g/mol. The van der Waals surface area contributed by atoms with E-state index in [2.05, 4.69) is 4.72 Å². The number of sulfonamides is 1. The van der Waals surface area contributed by atoms with Crippen molar-refractivity contribution < 1.29 is 22.7 Å². The lowest BCUT2D eigenvalue weighted by molar-refractivity contribution is 0.0474. The molecule has 1 N–H and O–H groups in total. The minimum Gasteiger partial charge on any atom is -0.454 e. The fraction of sp³-hybridized carbons (Fsp3) is 0.167. The molecule has 166 valence electrons. The minimum atomic E-state index is -3.99. The number of halogens is 1. The number of esters is 1. The summed E-state index contributed by atoms with van der Waals surface area (Å²) in [7, 11) is -3.99. The van der Waals surface area contributed by atoms with Crippen LogP contribution in [0.25, 0.3) is 0 Å². The zero-order chi connectivity index (χ0) is 23.3. The largest absolute Gasteiger partial charge is 0.454 e. The number of carbonyl (C=O) groups is 2. The van der Waals surface area contributed by atoms with E-state index < -0.39 is 22.6 Å². The van der Waals surface area contributed by atoms with Crippen LogP contribution in [0.4, 0.5) is 0 Å². The quantitative estimate of drug-likeness (QED) is 0.386. The minimum absolute atomic E-state index is 0.0248. The molecule has 8 heteroatoms. The van der Waals surface area contributed by atoms with Crippen molar-refractivity contribution in [2.24, 2.45) is 0 Å². The van der Waals surface area contributed by atoms with Crippen LogP contribution in [0.1, 0.15) is 37.4 Å². The first-order valence-corrected chi connectivity index (χ1v) is 11.6. The van der Waals surface area contributed by atoms with Crippen molar-refractivity contribution in [1.82, 2.24) is 4.72 Å². The van der Waals surface area contributed by atoms with Gasteiger partial charge in [-0.15, -0.1) is 0 Å². The van der Waals surface area contributed by atoms with Crippen molar-refractivity contribution in [1.29, 1.82) is 0 Å². The van der Waals surface area contributed by atoms with Gasteiger partial charge >= 0.3 is 5.97 Å². The first-order chi connectivity index (χ1) is 15.2. The second-order valence-electron chi connectivity index (χ2n) is 7.27. The van der Waals surface area contributed by atoms with Gasteiger partial charge in [-0.05, 0) is 49.2 Å². The van der Waals surface area contributed by atoms with Crippen LogP contribution in [-0.4, -0.2) is 26.8 Å². The highest BCUT2D eigenvalue weighted by molar-refractivity contribution is 7.89. The lowest BCUT2D eigenvalue weighted by Crippen LogP contribution is -2.24. The summed E-state index contributed by atoms with van der Waals surface area (Å²) < 4.78 is 33.0. The summed E-state index contributed by atoms with van der Waals surface area (Å²) in [5.41, 5.74) is 2.92. The Morgan fingerprint density at radius 2 is 1.69 bits per heavy atom. The molecule has 6 nitrogen and oxygen atoms in total. The van der Waals surface area contributed by atoms with Crippen molar-refractivity contribution in [3.63, 3.8) is 0 Å². The van der Waals surface area contributed by atoms with E-state index in [9.17, 15) is 18.0 Å². The van der Waals surface area contributed by atoms with Gasteiger partial charge in [0.1, 0.15) is 4.90 Å². The molecular formula is C24H22ClNO5S. The number of nitrogens with one attached hydrogen (secondary N) is 1. The molecule has 0 spiro atoms. The molecule has 0 radical (unpaired) electrons. The highest BCUT2D eigenvalue weighted by Crippen LogP contribution is 2.23. The van der Waals surface area contributed by atoms with E-state index in [0.29, 0.717) is 5.56 Å². The van der Waals surface area contributed by atoms with Crippen LogP contribution in [0.15, 0.2) is 71.6 Å². The van der Waals surface area contributed by atoms with Crippen molar-refractivity contribution in [3.05, 3.63) is 99.6 Å². The van der Waals surface area contributed by atoms with Gasteiger partial charge in [-0.3, -0.25) is 4.79 Å². The summed E-state index contributed by atoms with van der Waals surface area (Å²) >= 11 is 6.08. The second kappa shape index (κ2) is 10.1. The molecule has 0 aliphatic carbocycles. The molecule has 0 atom stereocenters. The van der Waals surface area contributed by atoms with E-state index in [-0.39, 0.29) is 27.8 Å². The molecule has 0 aromatic heterocycles. The van der Waals surface area contributed by atoms with Gasteiger partial charge in [-0.1, -0.05) is 59.6 Å². The third kappa shape index (κ3) is 5.82. The summed E-state index contributed by atoms with van der Waals surface area (Å²) in [5, 5.41) is -0.0337. The number of hydrogen-bond donors (Lipinski definition) is 1. The Hall–Kier alpha value is -3.00. The predicted octanol–water partition coefficient (Wildman–Crippen LogP) is 4.48. The Morgan fingerprint density at radius 3 is 2.41 bits per heavy atom. The Labute approximate surface area is 192 Å². The summed E-state index contributed by atoms with van der Waals surface area (Å²) in [6.07, 6.45) is 0. The summed E-state index contributed by atoms with van der Waals surface area (Å²) in [4.78, 5) is 24.7. The molecule has 0 aliphatic rings. The van der Waals surface area contributed by atoms with E-state index in [1.165, 1.54) is 12.1 Å². The maximum absolute atomic E-state index is 12.7. The summed E-state index contributed by atoms with van der Waals surface area (Å²) in [5.74, 6) is -1.16. The molecule has 3 aromatic rings. The highest BCUT2D eigenvalue weighted by atomic mass is 35.5. The lowest BCUT2D eigenvalue weighted by atomic mass is 10.0. The second-order valence-corrected chi connectivity index (χ2v) is 9.42. The number of aryl methyl sites for hydroxylation is 2. The van der Waals surface area contributed by atoms with E-state index in [4.69, 9.17) is 16.3 Å². The topological polar surface area (TPSA) is 89.5 Å². The zero-order valence-corrected chi connectivity index (χ0v) is 19.2. The Kier molecular flexibility index (Phi) is 7.45. The van der Waals surface area contributed by atoms with Crippen LogP contribution >= 0.6 is 11.6 Å². The molecule has 0 amide bonds. The molecule has 3 aromatic carbocycles. The van der Waals surface area contributed by atoms with Crippen LogP contribution in [-0.2, 0) is 21.3 Å². The van der Waals surface area contributed by atoms with Gasteiger partial charge in [0.2, 0.25) is 15.8 Å². The van der Waals surface area contributed by atoms with Gasteiger partial charge < -0.3 is 4.74 Å². The van der Waals surface area contributed by atoms with Crippen LogP contribution in [0.5, 0.6) is 0 Å². The Morgan fingerprint density at radius 1 is 0.969 bits per heavy atom. The Balaban J connectivity index is 1.72. The standard InChI is InChI=1S/C24H22ClNO5S/c1-16-8-9-17(2)20(12-16)22(27)15-31-24(28)19-10-11-21(25)23(13-19)32(29,30)26-14-18-6-4-3-5-7-18/h3-13,26H,14-15H2,1-2H3. The average Bonchev–Trinajstić information content (AvgIpc) is 2.78. The van der Waals surface area contributed by atoms with Crippen LogP contribution in [0.3, 0.4) is 0 Å². The summed E-state index contributed by atoms with van der Waals surface area (Å²) in [6, 6.07) is 18.2. The lowest BCUT2D eigenvalue weighted by Gasteiger charge is -2.11.